The fourth-order valence-corrected chi connectivity index (χ4v) is 2.13. The van der Waals surface area contributed by atoms with Crippen molar-refractivity contribution in [2.75, 3.05) is 7.05 Å². The largest absolute Gasteiger partial charge is 0.317 e. The summed E-state index contributed by atoms with van der Waals surface area (Å²) in [5.74, 6) is 0.704. The highest BCUT2D eigenvalue weighted by Crippen LogP contribution is 2.11. The summed E-state index contributed by atoms with van der Waals surface area (Å²) in [7, 11) is 2.05. The van der Waals surface area contributed by atoms with E-state index in [1.807, 2.05) is 6.20 Å². The Bertz CT molecular complexity index is 303. The maximum Gasteiger partial charge on any atom is 0.0403 e. The van der Waals surface area contributed by atoms with Crippen molar-refractivity contribution in [3.05, 3.63) is 29.6 Å². The third-order valence-electron chi connectivity index (χ3n) is 3.42. The number of hydrogen-bond donors (Lipinski definition) is 1. The van der Waals surface area contributed by atoms with Crippen LogP contribution in [0, 0.1) is 5.92 Å². The molecule has 0 aromatic carbocycles. The smallest absolute Gasteiger partial charge is 0.0403 e. The van der Waals surface area contributed by atoms with Crippen molar-refractivity contribution in [1.29, 1.82) is 0 Å². The van der Waals surface area contributed by atoms with Crippen LogP contribution in [-0.2, 0) is 12.8 Å². The first kappa shape index (κ1) is 14.2. The number of aromatic nitrogens is 1. The number of aryl methyl sites for hydroxylation is 2. The van der Waals surface area contributed by atoms with Gasteiger partial charge in [0.1, 0.15) is 0 Å². The average Bonchev–Trinajstić information content (AvgIpc) is 2.35. The van der Waals surface area contributed by atoms with E-state index in [4.69, 9.17) is 0 Å². The Morgan fingerprint density at radius 2 is 2.06 bits per heavy atom. The summed E-state index contributed by atoms with van der Waals surface area (Å²) >= 11 is 0. The Morgan fingerprint density at radius 1 is 1.29 bits per heavy atom. The Morgan fingerprint density at radius 3 is 2.53 bits per heavy atom. The molecule has 0 fully saturated rings. The Balaban J connectivity index is 2.34. The molecule has 0 aliphatic heterocycles. The third-order valence-corrected chi connectivity index (χ3v) is 3.42. The standard InChI is InChI=1S/C15H26N2/c1-5-13-9-10-14(17-11-13)7-6-8-15(16-4)12(2)3/h9-12,15-16H,5-8H2,1-4H3. The molecule has 0 spiro atoms. The number of pyridine rings is 1. The summed E-state index contributed by atoms with van der Waals surface area (Å²) in [6, 6.07) is 4.99. The lowest BCUT2D eigenvalue weighted by Gasteiger charge is -2.19. The van der Waals surface area contributed by atoms with E-state index in [0.717, 1.165) is 12.8 Å². The van der Waals surface area contributed by atoms with Gasteiger partial charge in [-0.05, 0) is 50.3 Å². The fourth-order valence-electron chi connectivity index (χ4n) is 2.13. The van der Waals surface area contributed by atoms with E-state index >= 15 is 0 Å². The predicted molar refractivity (Wildman–Crippen MR) is 74.2 cm³/mol. The Kier molecular flexibility index (Phi) is 6.20. The molecule has 17 heavy (non-hydrogen) atoms. The third kappa shape index (κ3) is 4.86. The minimum Gasteiger partial charge on any atom is -0.317 e. The van der Waals surface area contributed by atoms with Crippen LogP contribution in [0.5, 0.6) is 0 Å². The van der Waals surface area contributed by atoms with E-state index in [-0.39, 0.29) is 0 Å². The average molecular weight is 234 g/mol. The zero-order valence-electron chi connectivity index (χ0n) is 11.7. The van der Waals surface area contributed by atoms with Gasteiger partial charge in [0, 0.05) is 17.9 Å². The molecule has 2 heteroatoms. The van der Waals surface area contributed by atoms with Crippen molar-refractivity contribution in [3.63, 3.8) is 0 Å². The summed E-state index contributed by atoms with van der Waals surface area (Å²) in [5.41, 5.74) is 2.55. The van der Waals surface area contributed by atoms with E-state index < -0.39 is 0 Å². The molecule has 96 valence electrons. The monoisotopic (exact) mass is 234 g/mol. The van der Waals surface area contributed by atoms with Crippen molar-refractivity contribution < 1.29 is 0 Å². The van der Waals surface area contributed by atoms with E-state index in [0.29, 0.717) is 12.0 Å². The zero-order valence-corrected chi connectivity index (χ0v) is 11.7. The first-order valence-corrected chi connectivity index (χ1v) is 6.78. The molecular weight excluding hydrogens is 208 g/mol. The summed E-state index contributed by atoms with van der Waals surface area (Å²) in [4.78, 5) is 4.50. The zero-order chi connectivity index (χ0) is 12.7. The fraction of sp³-hybridized carbons (Fsp3) is 0.667. The minimum atomic E-state index is 0.630. The molecule has 1 N–H and O–H groups in total. The maximum absolute atomic E-state index is 4.50. The molecule has 0 amide bonds. The van der Waals surface area contributed by atoms with Crippen LogP contribution in [-0.4, -0.2) is 18.1 Å². The molecule has 1 aromatic heterocycles. The van der Waals surface area contributed by atoms with E-state index in [1.54, 1.807) is 0 Å². The van der Waals surface area contributed by atoms with Crippen LogP contribution in [0.3, 0.4) is 0 Å². The second kappa shape index (κ2) is 7.44. The Hall–Kier alpha value is -0.890. The molecule has 2 nitrogen and oxygen atoms in total. The molecule has 0 bridgehead atoms. The molecule has 1 heterocycles. The molecule has 0 aliphatic carbocycles. The van der Waals surface area contributed by atoms with Gasteiger partial charge in [-0.25, -0.2) is 0 Å². The molecule has 1 unspecified atom stereocenters. The van der Waals surface area contributed by atoms with Crippen LogP contribution in [0.4, 0.5) is 0 Å². The normalized spacial score (nSPS) is 13.0. The quantitative estimate of drug-likeness (QED) is 0.783. The first-order chi connectivity index (χ1) is 8.17. The van der Waals surface area contributed by atoms with Crippen LogP contribution < -0.4 is 5.32 Å². The summed E-state index contributed by atoms with van der Waals surface area (Å²) in [6.07, 6.45) is 6.61. The van der Waals surface area contributed by atoms with Gasteiger partial charge >= 0.3 is 0 Å². The molecule has 0 aliphatic rings. The van der Waals surface area contributed by atoms with Crippen molar-refractivity contribution in [2.45, 2.75) is 52.5 Å². The van der Waals surface area contributed by atoms with Gasteiger partial charge in [0.25, 0.3) is 0 Å². The minimum absolute atomic E-state index is 0.630. The lowest BCUT2D eigenvalue weighted by molar-refractivity contribution is 0.393. The number of rotatable bonds is 7. The molecule has 0 saturated carbocycles. The van der Waals surface area contributed by atoms with Crippen molar-refractivity contribution in [2.24, 2.45) is 5.92 Å². The van der Waals surface area contributed by atoms with Gasteiger partial charge in [-0.2, -0.15) is 0 Å². The van der Waals surface area contributed by atoms with Gasteiger partial charge in [0.15, 0.2) is 0 Å². The van der Waals surface area contributed by atoms with Crippen LogP contribution in [0.25, 0.3) is 0 Å². The number of nitrogens with zero attached hydrogens (tertiary/aromatic N) is 1. The highest BCUT2D eigenvalue weighted by atomic mass is 14.9. The summed E-state index contributed by atoms with van der Waals surface area (Å²) in [6.45, 7) is 6.71. The van der Waals surface area contributed by atoms with Crippen LogP contribution in [0.15, 0.2) is 18.3 Å². The molecule has 0 saturated heterocycles. The molecular formula is C15H26N2. The van der Waals surface area contributed by atoms with E-state index in [2.05, 4.69) is 50.3 Å². The Labute approximate surface area is 106 Å². The SMILES string of the molecule is CCc1ccc(CCCC(NC)C(C)C)nc1. The van der Waals surface area contributed by atoms with Crippen LogP contribution in [0.2, 0.25) is 0 Å². The summed E-state index contributed by atoms with van der Waals surface area (Å²) < 4.78 is 0. The topological polar surface area (TPSA) is 24.9 Å². The number of nitrogens with one attached hydrogen (secondary N) is 1. The highest BCUT2D eigenvalue weighted by Gasteiger charge is 2.10. The molecule has 0 radical (unpaired) electrons. The molecule has 1 aromatic rings. The predicted octanol–water partition coefficient (Wildman–Crippen LogP) is 3.21. The molecule has 1 atom stereocenters. The van der Waals surface area contributed by atoms with Crippen LogP contribution >= 0.6 is 0 Å². The first-order valence-electron chi connectivity index (χ1n) is 6.78. The lowest BCUT2D eigenvalue weighted by atomic mass is 9.98. The van der Waals surface area contributed by atoms with Crippen LogP contribution in [0.1, 0.15) is 44.9 Å². The van der Waals surface area contributed by atoms with E-state index in [9.17, 15) is 0 Å². The van der Waals surface area contributed by atoms with Gasteiger partial charge in [-0.1, -0.05) is 26.8 Å². The van der Waals surface area contributed by atoms with Crippen molar-refractivity contribution >= 4 is 0 Å². The van der Waals surface area contributed by atoms with Crippen molar-refractivity contribution in [3.8, 4) is 0 Å². The highest BCUT2D eigenvalue weighted by molar-refractivity contribution is 5.13. The van der Waals surface area contributed by atoms with Gasteiger partial charge in [-0.15, -0.1) is 0 Å². The van der Waals surface area contributed by atoms with Gasteiger partial charge in [-0.3, -0.25) is 4.98 Å². The van der Waals surface area contributed by atoms with E-state index in [1.165, 1.54) is 24.1 Å². The number of hydrogen-bond acceptors (Lipinski definition) is 2. The molecule has 1 rings (SSSR count). The maximum atomic E-state index is 4.50. The second-order valence-electron chi connectivity index (χ2n) is 5.04. The van der Waals surface area contributed by atoms with Crippen molar-refractivity contribution in [1.82, 2.24) is 10.3 Å². The second-order valence-corrected chi connectivity index (χ2v) is 5.04. The summed E-state index contributed by atoms with van der Waals surface area (Å²) in [5, 5.41) is 3.39. The lowest BCUT2D eigenvalue weighted by Crippen LogP contribution is -2.30. The van der Waals surface area contributed by atoms with Gasteiger partial charge in [0.05, 0.1) is 0 Å². The van der Waals surface area contributed by atoms with Gasteiger partial charge in [0.2, 0.25) is 0 Å². The van der Waals surface area contributed by atoms with Gasteiger partial charge < -0.3 is 5.32 Å².